The average Bonchev–Trinajstić information content (AvgIpc) is 2.47. The second-order valence-corrected chi connectivity index (χ2v) is 5.49. The lowest BCUT2D eigenvalue weighted by atomic mass is 10.1. The second kappa shape index (κ2) is 6.80. The Kier molecular flexibility index (Phi) is 5.07. The van der Waals surface area contributed by atoms with Crippen molar-refractivity contribution in [1.29, 1.82) is 0 Å². The first-order chi connectivity index (χ1) is 9.65. The molecule has 0 spiro atoms. The van der Waals surface area contributed by atoms with Crippen LogP contribution in [0.2, 0.25) is 0 Å². The molecule has 0 fully saturated rings. The van der Waals surface area contributed by atoms with E-state index in [4.69, 9.17) is 4.74 Å². The predicted octanol–water partition coefficient (Wildman–Crippen LogP) is 4.53. The lowest BCUT2D eigenvalue weighted by Crippen LogP contribution is -2.18. The van der Waals surface area contributed by atoms with Crippen molar-refractivity contribution in [3.63, 3.8) is 0 Å². The van der Waals surface area contributed by atoms with E-state index in [2.05, 4.69) is 59.1 Å². The quantitative estimate of drug-likeness (QED) is 0.745. The van der Waals surface area contributed by atoms with Crippen LogP contribution in [0.15, 0.2) is 42.5 Å². The molecule has 0 unspecified atom stereocenters. The third kappa shape index (κ3) is 3.34. The molecule has 3 heteroatoms. The van der Waals surface area contributed by atoms with E-state index in [0.717, 1.165) is 17.6 Å². The van der Waals surface area contributed by atoms with Crippen molar-refractivity contribution in [3.8, 4) is 5.75 Å². The normalized spacial score (nSPS) is 10.4. The van der Waals surface area contributed by atoms with Gasteiger partial charge < -0.3 is 9.64 Å². The third-order valence-electron chi connectivity index (χ3n) is 3.39. The van der Waals surface area contributed by atoms with Crippen LogP contribution >= 0.6 is 15.9 Å². The number of rotatable bonds is 5. The number of alkyl halides is 1. The summed E-state index contributed by atoms with van der Waals surface area (Å²) in [6, 6.07) is 14.7. The van der Waals surface area contributed by atoms with Gasteiger partial charge in [0.1, 0.15) is 5.75 Å². The van der Waals surface area contributed by atoms with Crippen molar-refractivity contribution in [2.45, 2.75) is 18.8 Å². The summed E-state index contributed by atoms with van der Waals surface area (Å²) < 4.78 is 5.42. The lowest BCUT2D eigenvalue weighted by Gasteiger charge is -2.23. The van der Waals surface area contributed by atoms with E-state index in [0.29, 0.717) is 0 Å². The molecule has 0 saturated heterocycles. The number of halogens is 1. The number of methoxy groups -OCH3 is 1. The zero-order valence-corrected chi connectivity index (χ0v) is 13.8. The van der Waals surface area contributed by atoms with E-state index in [1.807, 2.05) is 18.2 Å². The van der Waals surface area contributed by atoms with Crippen LogP contribution in [0.25, 0.3) is 0 Å². The molecule has 0 amide bonds. The molecule has 0 aliphatic carbocycles. The molecular weight excluding hydrogens is 314 g/mol. The molecule has 2 nitrogen and oxygen atoms in total. The first-order valence-corrected chi connectivity index (χ1v) is 7.76. The highest BCUT2D eigenvalue weighted by atomic mass is 79.9. The van der Waals surface area contributed by atoms with E-state index in [-0.39, 0.29) is 0 Å². The number of anilines is 1. The zero-order valence-electron chi connectivity index (χ0n) is 12.2. The molecule has 0 aliphatic heterocycles. The third-order valence-corrected chi connectivity index (χ3v) is 3.99. The molecule has 2 rings (SSSR count). The SMILES string of the molecule is COc1ccccc1CN(C)c1ccc(C)cc1CBr. The van der Waals surface area contributed by atoms with E-state index in [1.54, 1.807) is 7.11 Å². The van der Waals surface area contributed by atoms with Crippen LogP contribution in [0.5, 0.6) is 5.75 Å². The molecule has 0 atom stereocenters. The largest absolute Gasteiger partial charge is 0.496 e. The first kappa shape index (κ1) is 14.9. The van der Waals surface area contributed by atoms with Gasteiger partial charge in [0, 0.05) is 30.2 Å². The van der Waals surface area contributed by atoms with Crippen molar-refractivity contribution in [2.24, 2.45) is 0 Å². The number of aryl methyl sites for hydroxylation is 1. The number of para-hydroxylation sites is 1. The van der Waals surface area contributed by atoms with Gasteiger partial charge in [-0.15, -0.1) is 0 Å². The molecule has 0 radical (unpaired) electrons. The van der Waals surface area contributed by atoms with Crippen molar-refractivity contribution < 1.29 is 4.74 Å². The maximum Gasteiger partial charge on any atom is 0.123 e. The zero-order chi connectivity index (χ0) is 14.5. The minimum atomic E-state index is 0.826. The summed E-state index contributed by atoms with van der Waals surface area (Å²) in [5.41, 5.74) is 5.04. The Bertz CT molecular complexity index is 583. The van der Waals surface area contributed by atoms with Crippen molar-refractivity contribution in [2.75, 3.05) is 19.1 Å². The molecular formula is C17H20BrNO. The fraction of sp³-hybridized carbons (Fsp3) is 0.294. The fourth-order valence-electron chi connectivity index (χ4n) is 2.37. The van der Waals surface area contributed by atoms with E-state index < -0.39 is 0 Å². The Hall–Kier alpha value is -1.48. The van der Waals surface area contributed by atoms with Crippen LogP contribution in [0, 0.1) is 6.92 Å². The first-order valence-electron chi connectivity index (χ1n) is 6.64. The van der Waals surface area contributed by atoms with Gasteiger partial charge in [-0.25, -0.2) is 0 Å². The lowest BCUT2D eigenvalue weighted by molar-refractivity contribution is 0.409. The highest BCUT2D eigenvalue weighted by Gasteiger charge is 2.10. The van der Waals surface area contributed by atoms with Crippen LogP contribution in [0.1, 0.15) is 16.7 Å². The Morgan fingerprint density at radius 2 is 1.85 bits per heavy atom. The number of nitrogens with zero attached hydrogens (tertiary/aromatic N) is 1. The van der Waals surface area contributed by atoms with E-state index >= 15 is 0 Å². The standard InChI is InChI=1S/C17H20BrNO/c1-13-8-9-16(15(10-13)11-18)19(2)12-14-6-4-5-7-17(14)20-3/h4-10H,11-12H2,1-3H3. The van der Waals surface area contributed by atoms with Gasteiger partial charge in [0.2, 0.25) is 0 Å². The van der Waals surface area contributed by atoms with Crippen molar-refractivity contribution >= 4 is 21.6 Å². The number of hydrogen-bond acceptors (Lipinski definition) is 2. The summed E-state index contributed by atoms with van der Waals surface area (Å²) in [4.78, 5) is 2.26. The summed E-state index contributed by atoms with van der Waals surface area (Å²) in [5.74, 6) is 0.937. The van der Waals surface area contributed by atoms with Gasteiger partial charge in [-0.05, 0) is 24.6 Å². The van der Waals surface area contributed by atoms with Gasteiger partial charge in [0.15, 0.2) is 0 Å². The van der Waals surface area contributed by atoms with Crippen molar-refractivity contribution in [3.05, 3.63) is 59.2 Å². The number of ether oxygens (including phenoxy) is 1. The number of benzene rings is 2. The smallest absolute Gasteiger partial charge is 0.123 e. The van der Waals surface area contributed by atoms with E-state index in [9.17, 15) is 0 Å². The van der Waals surface area contributed by atoms with Gasteiger partial charge in [-0.1, -0.05) is 51.8 Å². The minimum Gasteiger partial charge on any atom is -0.496 e. The predicted molar refractivity (Wildman–Crippen MR) is 88.9 cm³/mol. The summed E-state index contributed by atoms with van der Waals surface area (Å²) >= 11 is 3.57. The topological polar surface area (TPSA) is 12.5 Å². The summed E-state index contributed by atoms with van der Waals surface area (Å²) in [7, 11) is 3.83. The molecule has 106 valence electrons. The van der Waals surface area contributed by atoms with Gasteiger partial charge in [0.05, 0.1) is 7.11 Å². The van der Waals surface area contributed by atoms with Crippen LogP contribution < -0.4 is 9.64 Å². The monoisotopic (exact) mass is 333 g/mol. The molecule has 0 N–H and O–H groups in total. The molecule has 2 aromatic carbocycles. The molecule has 0 saturated carbocycles. The summed E-state index contributed by atoms with van der Waals surface area (Å²) in [6.07, 6.45) is 0. The van der Waals surface area contributed by atoms with Crippen LogP contribution in [0.4, 0.5) is 5.69 Å². The maximum atomic E-state index is 5.42. The number of hydrogen-bond donors (Lipinski definition) is 0. The second-order valence-electron chi connectivity index (χ2n) is 4.93. The van der Waals surface area contributed by atoms with Gasteiger partial charge in [-0.2, -0.15) is 0 Å². The summed E-state index contributed by atoms with van der Waals surface area (Å²) in [5, 5.41) is 0.861. The van der Waals surface area contributed by atoms with Crippen LogP contribution in [0.3, 0.4) is 0 Å². The molecule has 0 aliphatic rings. The van der Waals surface area contributed by atoms with Crippen molar-refractivity contribution in [1.82, 2.24) is 0 Å². The Morgan fingerprint density at radius 3 is 2.55 bits per heavy atom. The Labute approximate surface area is 129 Å². The average molecular weight is 334 g/mol. The van der Waals surface area contributed by atoms with Crippen LogP contribution in [-0.2, 0) is 11.9 Å². The Morgan fingerprint density at radius 1 is 1.10 bits per heavy atom. The molecule has 0 bridgehead atoms. The minimum absolute atomic E-state index is 0.826. The molecule has 0 heterocycles. The summed E-state index contributed by atoms with van der Waals surface area (Å²) in [6.45, 7) is 2.95. The maximum absolute atomic E-state index is 5.42. The molecule has 2 aromatic rings. The highest BCUT2D eigenvalue weighted by molar-refractivity contribution is 9.08. The highest BCUT2D eigenvalue weighted by Crippen LogP contribution is 2.26. The van der Waals surface area contributed by atoms with Gasteiger partial charge in [-0.3, -0.25) is 0 Å². The van der Waals surface area contributed by atoms with Gasteiger partial charge >= 0.3 is 0 Å². The molecule has 0 aromatic heterocycles. The van der Waals surface area contributed by atoms with Gasteiger partial charge in [0.25, 0.3) is 0 Å². The fourth-order valence-corrected chi connectivity index (χ4v) is 2.82. The van der Waals surface area contributed by atoms with E-state index in [1.165, 1.54) is 22.4 Å². The van der Waals surface area contributed by atoms with Crippen LogP contribution in [-0.4, -0.2) is 14.2 Å². The Balaban J connectivity index is 2.26. The molecule has 20 heavy (non-hydrogen) atoms.